The van der Waals surface area contributed by atoms with E-state index in [1.807, 2.05) is 19.1 Å². The predicted octanol–water partition coefficient (Wildman–Crippen LogP) is 3.03. The predicted molar refractivity (Wildman–Crippen MR) is 108 cm³/mol. The molecule has 1 fully saturated rings. The Hall–Kier alpha value is -3.27. The minimum absolute atomic E-state index is 0.280. The first-order valence-electron chi connectivity index (χ1n) is 9.30. The first-order chi connectivity index (χ1) is 14.0. The Kier molecular flexibility index (Phi) is 5.26. The highest BCUT2D eigenvalue weighted by molar-refractivity contribution is 5.62. The van der Waals surface area contributed by atoms with Gasteiger partial charge in [0.05, 0.1) is 0 Å². The molecule has 8 nitrogen and oxygen atoms in total. The summed E-state index contributed by atoms with van der Waals surface area (Å²) in [6.07, 6.45) is 0. The third-order valence-electron chi connectivity index (χ3n) is 4.68. The summed E-state index contributed by atoms with van der Waals surface area (Å²) >= 11 is 0. The number of aryl methyl sites for hydroxylation is 1. The summed E-state index contributed by atoms with van der Waals surface area (Å²) in [5.41, 5.74) is 1.28. The molecule has 3 N–H and O–H groups in total. The van der Waals surface area contributed by atoms with E-state index in [1.54, 1.807) is 0 Å². The molecule has 0 radical (unpaired) electrons. The molecule has 0 bridgehead atoms. The molecule has 2 aromatic heterocycles. The maximum Gasteiger partial charge on any atom is 0.231 e. The molecule has 0 unspecified atom stereocenters. The Morgan fingerprint density at radius 1 is 0.931 bits per heavy atom. The molecule has 4 rings (SSSR count). The van der Waals surface area contributed by atoms with Crippen LogP contribution in [-0.4, -0.2) is 58.3 Å². The maximum atomic E-state index is 13.6. The molecule has 29 heavy (non-hydrogen) atoms. The van der Waals surface area contributed by atoms with Crippen LogP contribution in [0.1, 0.15) is 5.69 Å². The summed E-state index contributed by atoms with van der Waals surface area (Å²) in [5.74, 6) is 0.361. The molecule has 0 amide bonds. The second-order valence-corrected chi connectivity index (χ2v) is 7.04. The smallest absolute Gasteiger partial charge is 0.231 e. The monoisotopic (exact) mass is 400 g/mol. The fourth-order valence-electron chi connectivity index (χ4n) is 3.07. The van der Waals surface area contributed by atoms with Crippen LogP contribution in [0, 0.1) is 18.6 Å². The van der Waals surface area contributed by atoms with Crippen LogP contribution in [0.4, 0.5) is 37.9 Å². The van der Waals surface area contributed by atoms with Gasteiger partial charge in [0.2, 0.25) is 5.95 Å². The van der Waals surface area contributed by atoms with E-state index in [-0.39, 0.29) is 5.95 Å². The number of rotatable bonds is 5. The van der Waals surface area contributed by atoms with Crippen molar-refractivity contribution in [3.8, 4) is 0 Å². The minimum Gasteiger partial charge on any atom is -0.354 e. The SMILES string of the molecule is Cc1cc(Nc2cc(N3CCN(C)CC3)nc(Nc3ccc(F)c(F)c3)n2)n[nH]1. The normalized spacial score (nSPS) is 14.8. The summed E-state index contributed by atoms with van der Waals surface area (Å²) < 4.78 is 26.8. The molecule has 152 valence electrons. The first kappa shape index (κ1) is 19.1. The zero-order valence-electron chi connectivity index (χ0n) is 16.2. The molecule has 1 aliphatic rings. The average molecular weight is 400 g/mol. The number of aromatic amines is 1. The third kappa shape index (κ3) is 4.60. The largest absolute Gasteiger partial charge is 0.354 e. The van der Waals surface area contributed by atoms with Gasteiger partial charge in [-0.2, -0.15) is 15.1 Å². The lowest BCUT2D eigenvalue weighted by atomic mass is 10.3. The number of hydrogen-bond donors (Lipinski definition) is 3. The standard InChI is InChI=1S/C19H22F2N8/c1-12-9-17(27-26-12)23-16-11-18(29-7-5-28(2)6-8-29)25-19(24-16)22-13-3-4-14(20)15(21)10-13/h3-4,9-11H,5-8H2,1-2H3,(H3,22,23,24,25,26,27). The summed E-state index contributed by atoms with van der Waals surface area (Å²) in [4.78, 5) is 13.5. The summed E-state index contributed by atoms with van der Waals surface area (Å²) in [6.45, 7) is 5.43. The van der Waals surface area contributed by atoms with Gasteiger partial charge in [-0.05, 0) is 26.1 Å². The van der Waals surface area contributed by atoms with Gasteiger partial charge in [-0.25, -0.2) is 8.78 Å². The van der Waals surface area contributed by atoms with Gasteiger partial charge in [0.25, 0.3) is 0 Å². The summed E-state index contributed by atoms with van der Waals surface area (Å²) in [5, 5.41) is 13.2. The lowest BCUT2D eigenvalue weighted by Gasteiger charge is -2.33. The third-order valence-corrected chi connectivity index (χ3v) is 4.68. The topological polar surface area (TPSA) is 85.0 Å². The number of H-pyrrole nitrogens is 1. The lowest BCUT2D eigenvalue weighted by Crippen LogP contribution is -2.44. The number of piperazine rings is 1. The molecule has 0 aliphatic carbocycles. The molecular weight excluding hydrogens is 378 g/mol. The highest BCUT2D eigenvalue weighted by Gasteiger charge is 2.18. The van der Waals surface area contributed by atoms with E-state index < -0.39 is 11.6 Å². The number of halogens is 2. The van der Waals surface area contributed by atoms with Crippen molar-refractivity contribution < 1.29 is 8.78 Å². The second kappa shape index (κ2) is 8.00. The number of benzene rings is 1. The van der Waals surface area contributed by atoms with Crippen molar-refractivity contribution in [1.29, 1.82) is 0 Å². The number of nitrogens with one attached hydrogen (secondary N) is 3. The van der Waals surface area contributed by atoms with E-state index in [9.17, 15) is 8.78 Å². The number of hydrogen-bond acceptors (Lipinski definition) is 7. The van der Waals surface area contributed by atoms with Crippen LogP contribution < -0.4 is 15.5 Å². The van der Waals surface area contributed by atoms with Crippen LogP contribution in [0.3, 0.4) is 0 Å². The van der Waals surface area contributed by atoms with Gasteiger partial charge in [-0.1, -0.05) is 0 Å². The molecule has 3 aromatic rings. The fraction of sp³-hybridized carbons (Fsp3) is 0.316. The van der Waals surface area contributed by atoms with Crippen molar-refractivity contribution in [2.24, 2.45) is 0 Å². The minimum atomic E-state index is -0.935. The molecule has 10 heteroatoms. The first-order valence-corrected chi connectivity index (χ1v) is 9.30. The van der Waals surface area contributed by atoms with E-state index in [4.69, 9.17) is 0 Å². The van der Waals surface area contributed by atoms with Crippen LogP contribution in [0.5, 0.6) is 0 Å². The molecule has 0 saturated carbocycles. The fourth-order valence-corrected chi connectivity index (χ4v) is 3.07. The van der Waals surface area contributed by atoms with Crippen LogP contribution >= 0.6 is 0 Å². The maximum absolute atomic E-state index is 13.6. The molecule has 0 spiro atoms. The van der Waals surface area contributed by atoms with Crippen molar-refractivity contribution in [2.45, 2.75) is 6.92 Å². The molecule has 0 atom stereocenters. The van der Waals surface area contributed by atoms with Crippen LogP contribution in [0.2, 0.25) is 0 Å². The van der Waals surface area contributed by atoms with Gasteiger partial charge in [-0.3, -0.25) is 5.10 Å². The van der Waals surface area contributed by atoms with Crippen molar-refractivity contribution in [2.75, 3.05) is 48.8 Å². The molecule has 1 saturated heterocycles. The molecule has 1 aliphatic heterocycles. The average Bonchev–Trinajstić information content (AvgIpc) is 3.10. The highest BCUT2D eigenvalue weighted by Crippen LogP contribution is 2.24. The van der Waals surface area contributed by atoms with Crippen LogP contribution in [0.25, 0.3) is 0 Å². The molecule has 3 heterocycles. The number of anilines is 5. The summed E-state index contributed by atoms with van der Waals surface area (Å²) in [6, 6.07) is 7.29. The van der Waals surface area contributed by atoms with Gasteiger partial charge < -0.3 is 20.4 Å². The molecular formula is C19H22F2N8. The van der Waals surface area contributed by atoms with Gasteiger partial charge in [0, 0.05) is 55.8 Å². The van der Waals surface area contributed by atoms with E-state index in [0.717, 1.165) is 49.8 Å². The van der Waals surface area contributed by atoms with E-state index >= 15 is 0 Å². The van der Waals surface area contributed by atoms with Crippen molar-refractivity contribution in [3.05, 3.63) is 47.7 Å². The van der Waals surface area contributed by atoms with Gasteiger partial charge >= 0.3 is 0 Å². The quantitative estimate of drug-likeness (QED) is 0.607. The Morgan fingerprint density at radius 2 is 1.72 bits per heavy atom. The highest BCUT2D eigenvalue weighted by atomic mass is 19.2. The van der Waals surface area contributed by atoms with Gasteiger partial charge in [0.1, 0.15) is 11.6 Å². The van der Waals surface area contributed by atoms with Gasteiger partial charge in [-0.15, -0.1) is 0 Å². The Labute approximate surface area is 167 Å². The van der Waals surface area contributed by atoms with Gasteiger partial charge in [0.15, 0.2) is 17.5 Å². The van der Waals surface area contributed by atoms with Crippen molar-refractivity contribution >= 4 is 29.1 Å². The second-order valence-electron chi connectivity index (χ2n) is 7.04. The molecule has 1 aromatic carbocycles. The van der Waals surface area contributed by atoms with E-state index in [1.165, 1.54) is 6.07 Å². The van der Waals surface area contributed by atoms with Crippen LogP contribution in [-0.2, 0) is 0 Å². The lowest BCUT2D eigenvalue weighted by molar-refractivity contribution is 0.312. The Bertz CT molecular complexity index is 998. The van der Waals surface area contributed by atoms with Crippen molar-refractivity contribution in [3.63, 3.8) is 0 Å². The Morgan fingerprint density at radius 3 is 2.41 bits per heavy atom. The van der Waals surface area contributed by atoms with E-state index in [0.29, 0.717) is 17.3 Å². The zero-order valence-corrected chi connectivity index (χ0v) is 16.2. The number of aromatic nitrogens is 4. The zero-order chi connectivity index (χ0) is 20.4. The van der Waals surface area contributed by atoms with E-state index in [2.05, 4.69) is 47.6 Å². The number of likely N-dealkylation sites (N-methyl/N-ethyl adjacent to an activating group) is 1. The van der Waals surface area contributed by atoms with Crippen molar-refractivity contribution in [1.82, 2.24) is 25.1 Å². The Balaban J connectivity index is 1.63. The summed E-state index contributed by atoms with van der Waals surface area (Å²) in [7, 11) is 2.08. The van der Waals surface area contributed by atoms with Crippen LogP contribution in [0.15, 0.2) is 30.3 Å². The number of nitrogens with zero attached hydrogens (tertiary/aromatic N) is 5.